The van der Waals surface area contributed by atoms with Crippen LogP contribution in [0.2, 0.25) is 0 Å². The minimum atomic E-state index is 0.128. The van der Waals surface area contributed by atoms with Crippen molar-refractivity contribution in [1.29, 1.82) is 0 Å². The van der Waals surface area contributed by atoms with Gasteiger partial charge in [-0.3, -0.25) is 9.48 Å². The van der Waals surface area contributed by atoms with E-state index in [1.54, 1.807) is 0 Å². The maximum atomic E-state index is 12.5. The fourth-order valence-corrected chi connectivity index (χ4v) is 5.45. The van der Waals surface area contributed by atoms with Gasteiger partial charge in [-0.25, -0.2) is 4.98 Å². The standard InChI is InChI=1S/C28H39N5O/c1-20-25(21(2)30-28-27(20)22(3)31-32(28)4)11-12-26(34)29-15-8-16-33-17-13-24(14-18-33)19-23-9-6-5-7-10-23/h5-7,9-10,24H,8,11-19H2,1-4H3,(H,29,34). The van der Waals surface area contributed by atoms with Gasteiger partial charge in [0.1, 0.15) is 0 Å². The molecule has 3 heterocycles. The lowest BCUT2D eigenvalue weighted by Crippen LogP contribution is -2.36. The Morgan fingerprint density at radius 2 is 1.82 bits per heavy atom. The highest BCUT2D eigenvalue weighted by molar-refractivity contribution is 5.84. The van der Waals surface area contributed by atoms with Crippen LogP contribution in [0.5, 0.6) is 0 Å². The number of amides is 1. The van der Waals surface area contributed by atoms with Crippen molar-refractivity contribution in [2.24, 2.45) is 13.0 Å². The Morgan fingerprint density at radius 1 is 1.09 bits per heavy atom. The van der Waals surface area contributed by atoms with Crippen LogP contribution in [0.25, 0.3) is 11.0 Å². The predicted molar refractivity (Wildman–Crippen MR) is 138 cm³/mol. The molecule has 1 aliphatic heterocycles. The highest BCUT2D eigenvalue weighted by Crippen LogP contribution is 2.26. The lowest BCUT2D eigenvalue weighted by molar-refractivity contribution is -0.121. The number of fused-ring (bicyclic) bond motifs is 1. The number of aromatic nitrogens is 3. The summed E-state index contributed by atoms with van der Waals surface area (Å²) in [6, 6.07) is 10.8. The van der Waals surface area contributed by atoms with Gasteiger partial charge < -0.3 is 10.2 Å². The molecule has 34 heavy (non-hydrogen) atoms. The summed E-state index contributed by atoms with van der Waals surface area (Å²) in [4.78, 5) is 19.8. The normalized spacial score (nSPS) is 15.2. The quantitative estimate of drug-likeness (QED) is 0.483. The lowest BCUT2D eigenvalue weighted by Gasteiger charge is -2.32. The molecule has 0 aliphatic carbocycles. The number of carbonyl (C=O) groups is 1. The van der Waals surface area contributed by atoms with Gasteiger partial charge in [0.2, 0.25) is 5.91 Å². The number of aryl methyl sites for hydroxylation is 4. The fourth-order valence-electron chi connectivity index (χ4n) is 5.45. The highest BCUT2D eigenvalue weighted by Gasteiger charge is 2.19. The molecule has 0 atom stereocenters. The van der Waals surface area contributed by atoms with E-state index in [-0.39, 0.29) is 5.91 Å². The first kappa shape index (κ1) is 24.4. The maximum absolute atomic E-state index is 12.5. The summed E-state index contributed by atoms with van der Waals surface area (Å²) in [7, 11) is 1.93. The van der Waals surface area contributed by atoms with Crippen molar-refractivity contribution in [2.75, 3.05) is 26.2 Å². The summed E-state index contributed by atoms with van der Waals surface area (Å²) in [5.74, 6) is 0.929. The molecule has 1 fully saturated rings. The van der Waals surface area contributed by atoms with Crippen LogP contribution in [-0.4, -0.2) is 51.8 Å². The Kier molecular flexibility index (Phi) is 7.99. The van der Waals surface area contributed by atoms with Crippen LogP contribution >= 0.6 is 0 Å². The van der Waals surface area contributed by atoms with Crippen molar-refractivity contribution in [2.45, 2.75) is 59.3 Å². The third kappa shape index (κ3) is 5.84. The zero-order chi connectivity index (χ0) is 24.1. The maximum Gasteiger partial charge on any atom is 0.220 e. The molecule has 0 spiro atoms. The van der Waals surface area contributed by atoms with Gasteiger partial charge in [-0.15, -0.1) is 0 Å². The molecule has 3 aromatic rings. The molecule has 1 amide bonds. The molecule has 6 nitrogen and oxygen atoms in total. The largest absolute Gasteiger partial charge is 0.356 e. The van der Waals surface area contributed by atoms with E-state index in [0.29, 0.717) is 6.42 Å². The van der Waals surface area contributed by atoms with E-state index in [1.165, 1.54) is 49.0 Å². The average molecular weight is 462 g/mol. The minimum absolute atomic E-state index is 0.128. The van der Waals surface area contributed by atoms with Gasteiger partial charge in [0, 0.05) is 31.1 Å². The van der Waals surface area contributed by atoms with Crippen LogP contribution in [0.4, 0.5) is 0 Å². The first-order valence-electron chi connectivity index (χ1n) is 12.7. The number of piperidine rings is 1. The molecular formula is C28H39N5O. The summed E-state index contributed by atoms with van der Waals surface area (Å²) in [5.41, 5.74) is 6.76. The molecule has 1 aliphatic rings. The third-order valence-electron chi connectivity index (χ3n) is 7.38. The Morgan fingerprint density at radius 3 is 2.56 bits per heavy atom. The molecule has 1 N–H and O–H groups in total. The number of likely N-dealkylation sites (tertiary alicyclic amines) is 1. The SMILES string of the molecule is Cc1nc2c(c(C)nn2C)c(C)c1CCC(=O)NCCCN1CCC(Cc2ccccc2)CC1. The van der Waals surface area contributed by atoms with E-state index in [1.807, 2.05) is 25.6 Å². The monoisotopic (exact) mass is 461 g/mol. The van der Waals surface area contributed by atoms with Gasteiger partial charge in [0.05, 0.1) is 5.69 Å². The molecule has 0 unspecified atom stereocenters. The van der Waals surface area contributed by atoms with Gasteiger partial charge in [-0.1, -0.05) is 30.3 Å². The summed E-state index contributed by atoms with van der Waals surface area (Å²) in [5, 5.41) is 8.75. The molecule has 0 radical (unpaired) electrons. The zero-order valence-corrected chi connectivity index (χ0v) is 21.2. The number of nitrogens with zero attached hydrogens (tertiary/aromatic N) is 4. The van der Waals surface area contributed by atoms with E-state index in [2.05, 4.69) is 52.6 Å². The van der Waals surface area contributed by atoms with Crippen molar-refractivity contribution in [3.8, 4) is 0 Å². The number of pyridine rings is 1. The first-order chi connectivity index (χ1) is 16.4. The summed E-state index contributed by atoms with van der Waals surface area (Å²) in [6.07, 6.45) is 5.97. The lowest BCUT2D eigenvalue weighted by atomic mass is 9.90. The van der Waals surface area contributed by atoms with Gasteiger partial charge >= 0.3 is 0 Å². The van der Waals surface area contributed by atoms with Crippen molar-refractivity contribution in [1.82, 2.24) is 25.0 Å². The molecule has 0 bridgehead atoms. The predicted octanol–water partition coefficient (Wildman–Crippen LogP) is 4.29. The van der Waals surface area contributed by atoms with Crippen LogP contribution in [0, 0.1) is 26.7 Å². The Balaban J connectivity index is 1.16. The highest BCUT2D eigenvalue weighted by atomic mass is 16.1. The van der Waals surface area contributed by atoms with E-state index in [4.69, 9.17) is 4.98 Å². The zero-order valence-electron chi connectivity index (χ0n) is 21.2. The van der Waals surface area contributed by atoms with Gasteiger partial charge in [-0.2, -0.15) is 5.10 Å². The number of benzene rings is 1. The second-order valence-corrected chi connectivity index (χ2v) is 9.89. The molecular weight excluding hydrogens is 422 g/mol. The van der Waals surface area contributed by atoms with E-state index in [9.17, 15) is 4.79 Å². The minimum Gasteiger partial charge on any atom is -0.356 e. The first-order valence-corrected chi connectivity index (χ1v) is 12.7. The molecule has 0 saturated carbocycles. The van der Waals surface area contributed by atoms with Gasteiger partial charge in [-0.05, 0) is 95.1 Å². The second kappa shape index (κ2) is 11.1. The molecule has 4 rings (SSSR count). The number of carbonyl (C=O) groups excluding carboxylic acids is 1. The number of hydrogen-bond donors (Lipinski definition) is 1. The van der Waals surface area contributed by atoms with Crippen molar-refractivity contribution in [3.63, 3.8) is 0 Å². The van der Waals surface area contributed by atoms with Crippen LogP contribution in [0.3, 0.4) is 0 Å². The number of hydrogen-bond acceptors (Lipinski definition) is 4. The Bertz CT molecular complexity index is 1110. The number of rotatable bonds is 9. The van der Waals surface area contributed by atoms with Crippen LogP contribution < -0.4 is 5.32 Å². The second-order valence-electron chi connectivity index (χ2n) is 9.89. The fraction of sp³-hybridized carbons (Fsp3) is 0.536. The average Bonchev–Trinajstić information content (AvgIpc) is 3.11. The number of nitrogens with one attached hydrogen (secondary N) is 1. The Hall–Kier alpha value is -2.73. The molecule has 182 valence electrons. The molecule has 1 aromatic carbocycles. The molecule has 2 aromatic heterocycles. The van der Waals surface area contributed by atoms with Crippen molar-refractivity contribution in [3.05, 3.63) is 58.4 Å². The molecule has 1 saturated heterocycles. The summed E-state index contributed by atoms with van der Waals surface area (Å²) in [6.45, 7) is 10.3. The Labute approximate surface area is 203 Å². The van der Waals surface area contributed by atoms with E-state index < -0.39 is 0 Å². The summed E-state index contributed by atoms with van der Waals surface area (Å²) >= 11 is 0. The van der Waals surface area contributed by atoms with Crippen LogP contribution in [-0.2, 0) is 24.7 Å². The van der Waals surface area contributed by atoms with Crippen LogP contribution in [0.1, 0.15) is 53.8 Å². The smallest absolute Gasteiger partial charge is 0.220 e. The van der Waals surface area contributed by atoms with Gasteiger partial charge in [0.25, 0.3) is 0 Å². The molecule has 6 heteroatoms. The van der Waals surface area contributed by atoms with Crippen molar-refractivity contribution < 1.29 is 4.79 Å². The topological polar surface area (TPSA) is 63.1 Å². The van der Waals surface area contributed by atoms with Crippen LogP contribution in [0.15, 0.2) is 30.3 Å². The summed E-state index contributed by atoms with van der Waals surface area (Å²) < 4.78 is 1.84. The third-order valence-corrected chi connectivity index (χ3v) is 7.38. The van der Waals surface area contributed by atoms with E-state index in [0.717, 1.165) is 54.3 Å². The van der Waals surface area contributed by atoms with Crippen molar-refractivity contribution >= 4 is 16.9 Å². The van der Waals surface area contributed by atoms with E-state index >= 15 is 0 Å². The van der Waals surface area contributed by atoms with Gasteiger partial charge in [0.15, 0.2) is 5.65 Å².